The minimum Gasteiger partial charge on any atom is -0.399 e. The molecule has 0 spiro atoms. The Kier molecular flexibility index (Phi) is 7.08. The van der Waals surface area contributed by atoms with Crippen molar-refractivity contribution < 1.29 is 9.59 Å². The van der Waals surface area contributed by atoms with Gasteiger partial charge in [0.25, 0.3) is 5.91 Å². The quantitative estimate of drug-likeness (QED) is 0.760. The van der Waals surface area contributed by atoms with E-state index in [-0.39, 0.29) is 30.1 Å². The van der Waals surface area contributed by atoms with Crippen molar-refractivity contribution in [1.29, 1.82) is 0 Å². The summed E-state index contributed by atoms with van der Waals surface area (Å²) >= 11 is 0. The molecule has 6 heteroatoms. The smallest absolute Gasteiger partial charge is 0.253 e. The summed E-state index contributed by atoms with van der Waals surface area (Å²) in [6, 6.07) is 11.4. The van der Waals surface area contributed by atoms with Gasteiger partial charge in [-0.25, -0.2) is 0 Å². The molecule has 0 aliphatic carbocycles. The molecule has 1 heterocycles. The van der Waals surface area contributed by atoms with E-state index in [9.17, 15) is 9.59 Å². The summed E-state index contributed by atoms with van der Waals surface area (Å²) in [7, 11) is 0. The van der Waals surface area contributed by atoms with Gasteiger partial charge in [-0.05, 0) is 63.4 Å². The number of benzene rings is 2. The Morgan fingerprint density at radius 2 is 1.75 bits per heavy atom. The van der Waals surface area contributed by atoms with Crippen LogP contribution in [0.1, 0.15) is 39.9 Å². The lowest BCUT2D eigenvalue weighted by molar-refractivity contribution is -0.121. The third-order valence-electron chi connectivity index (χ3n) is 5.07. The topological polar surface area (TPSA) is 75.4 Å². The van der Waals surface area contributed by atoms with Crippen molar-refractivity contribution >= 4 is 35.6 Å². The highest BCUT2D eigenvalue weighted by Gasteiger charge is 2.29. The van der Waals surface area contributed by atoms with Crippen LogP contribution in [0.15, 0.2) is 36.4 Å². The number of rotatable bonds is 3. The van der Waals surface area contributed by atoms with E-state index >= 15 is 0 Å². The molecule has 2 amide bonds. The molecule has 3 rings (SSSR count). The predicted octanol–water partition coefficient (Wildman–Crippen LogP) is 4.11. The van der Waals surface area contributed by atoms with Crippen LogP contribution >= 0.6 is 12.4 Å². The van der Waals surface area contributed by atoms with Crippen LogP contribution in [0.4, 0.5) is 11.4 Å². The van der Waals surface area contributed by atoms with Crippen LogP contribution < -0.4 is 11.1 Å². The van der Waals surface area contributed by atoms with Crippen LogP contribution in [0, 0.1) is 26.7 Å². The van der Waals surface area contributed by atoms with Crippen LogP contribution in [0.3, 0.4) is 0 Å². The second-order valence-electron chi connectivity index (χ2n) is 7.53. The van der Waals surface area contributed by atoms with Gasteiger partial charge >= 0.3 is 0 Å². The number of hydrogen-bond acceptors (Lipinski definition) is 3. The number of nitrogens with two attached hydrogens (primary N) is 1. The number of piperidine rings is 1. The summed E-state index contributed by atoms with van der Waals surface area (Å²) in [6.45, 7) is 7.05. The van der Waals surface area contributed by atoms with E-state index in [0.29, 0.717) is 24.3 Å². The molecule has 0 saturated carbocycles. The largest absolute Gasteiger partial charge is 0.399 e. The third kappa shape index (κ3) is 5.04. The minimum atomic E-state index is -0.213. The molecule has 0 bridgehead atoms. The van der Waals surface area contributed by atoms with Crippen molar-refractivity contribution in [3.63, 3.8) is 0 Å². The maximum absolute atomic E-state index is 12.9. The Hall–Kier alpha value is -2.53. The van der Waals surface area contributed by atoms with Gasteiger partial charge in [-0.1, -0.05) is 23.3 Å². The number of nitrogens with zero attached hydrogens (tertiary/aromatic N) is 1. The fourth-order valence-corrected chi connectivity index (χ4v) is 3.67. The van der Waals surface area contributed by atoms with Crippen molar-refractivity contribution in [3.05, 3.63) is 58.7 Å². The number of hydrogen-bond donors (Lipinski definition) is 2. The van der Waals surface area contributed by atoms with E-state index in [1.807, 2.05) is 45.0 Å². The van der Waals surface area contributed by atoms with Crippen LogP contribution in [0.5, 0.6) is 0 Å². The molecule has 2 aromatic carbocycles. The van der Waals surface area contributed by atoms with Crippen LogP contribution in [0.2, 0.25) is 0 Å². The molecule has 5 nitrogen and oxygen atoms in total. The molecule has 28 heavy (non-hydrogen) atoms. The molecule has 1 atom stereocenters. The second-order valence-corrected chi connectivity index (χ2v) is 7.53. The standard InChI is InChI=1S/C22H27N3O2.ClH/c1-14-9-15(2)11-18(10-14)22(27)25-8-4-5-17(13-25)21(26)24-20-12-19(23)7-6-16(20)3;/h6-7,9-12,17H,4-5,8,13,23H2,1-3H3,(H,24,26);1H. The average Bonchev–Trinajstić information content (AvgIpc) is 2.63. The van der Waals surface area contributed by atoms with Crippen molar-refractivity contribution in [2.75, 3.05) is 24.1 Å². The average molecular weight is 402 g/mol. The van der Waals surface area contributed by atoms with Gasteiger partial charge in [0.2, 0.25) is 5.91 Å². The summed E-state index contributed by atoms with van der Waals surface area (Å²) in [4.78, 5) is 27.5. The van der Waals surface area contributed by atoms with E-state index < -0.39 is 0 Å². The first-order valence-electron chi connectivity index (χ1n) is 9.38. The zero-order valence-corrected chi connectivity index (χ0v) is 17.4. The van der Waals surface area contributed by atoms with Gasteiger partial charge in [0, 0.05) is 30.0 Å². The zero-order valence-electron chi connectivity index (χ0n) is 16.6. The molecular weight excluding hydrogens is 374 g/mol. The molecule has 1 aliphatic heterocycles. The molecule has 1 saturated heterocycles. The molecule has 0 radical (unpaired) electrons. The molecule has 1 fully saturated rings. The highest BCUT2D eigenvalue weighted by molar-refractivity contribution is 5.97. The SMILES string of the molecule is Cc1cc(C)cc(C(=O)N2CCCC(C(=O)Nc3cc(N)ccc3C)C2)c1.Cl. The number of carbonyl (C=O) groups is 2. The zero-order chi connectivity index (χ0) is 19.6. The van der Waals surface area contributed by atoms with Crippen molar-refractivity contribution in [3.8, 4) is 0 Å². The Labute approximate surface area is 172 Å². The van der Waals surface area contributed by atoms with E-state index in [1.54, 1.807) is 11.0 Å². The van der Waals surface area contributed by atoms with E-state index in [1.165, 1.54) is 0 Å². The molecular formula is C22H28ClN3O2. The number of aryl methyl sites for hydroxylation is 3. The van der Waals surface area contributed by atoms with Gasteiger partial charge in [0.05, 0.1) is 5.92 Å². The number of halogens is 1. The van der Waals surface area contributed by atoms with Crippen molar-refractivity contribution in [2.45, 2.75) is 33.6 Å². The maximum atomic E-state index is 12.9. The summed E-state index contributed by atoms with van der Waals surface area (Å²) in [5.74, 6) is -0.268. The second kappa shape index (κ2) is 9.11. The fraction of sp³-hybridized carbons (Fsp3) is 0.364. The molecule has 0 aromatic heterocycles. The highest BCUT2D eigenvalue weighted by atomic mass is 35.5. The molecule has 3 N–H and O–H groups in total. The first kappa shape index (κ1) is 21.8. The first-order chi connectivity index (χ1) is 12.8. The molecule has 1 aliphatic rings. The van der Waals surface area contributed by atoms with Crippen LogP contribution in [0.25, 0.3) is 0 Å². The first-order valence-corrected chi connectivity index (χ1v) is 9.38. The molecule has 2 aromatic rings. The lowest BCUT2D eigenvalue weighted by atomic mass is 9.95. The van der Waals surface area contributed by atoms with Crippen LogP contribution in [-0.4, -0.2) is 29.8 Å². The van der Waals surface area contributed by atoms with Gasteiger partial charge in [-0.2, -0.15) is 0 Å². The predicted molar refractivity (Wildman–Crippen MR) is 116 cm³/mol. The number of anilines is 2. The number of carbonyl (C=O) groups excluding carboxylic acids is 2. The van der Waals surface area contributed by atoms with Gasteiger partial charge in [0.1, 0.15) is 0 Å². The van der Waals surface area contributed by atoms with Gasteiger partial charge in [-0.3, -0.25) is 9.59 Å². The Morgan fingerprint density at radius 1 is 1.07 bits per heavy atom. The highest BCUT2D eigenvalue weighted by Crippen LogP contribution is 2.23. The third-order valence-corrected chi connectivity index (χ3v) is 5.07. The Morgan fingerprint density at radius 3 is 2.43 bits per heavy atom. The number of nitrogens with one attached hydrogen (secondary N) is 1. The van der Waals surface area contributed by atoms with Gasteiger partial charge < -0.3 is 16.0 Å². The van der Waals surface area contributed by atoms with Crippen molar-refractivity contribution in [1.82, 2.24) is 4.90 Å². The van der Waals surface area contributed by atoms with Gasteiger partial charge in [0.15, 0.2) is 0 Å². The molecule has 1 unspecified atom stereocenters. The van der Waals surface area contributed by atoms with Crippen molar-refractivity contribution in [2.24, 2.45) is 5.92 Å². The summed E-state index contributed by atoms with van der Waals surface area (Å²) in [6.07, 6.45) is 1.61. The molecule has 150 valence electrons. The van der Waals surface area contributed by atoms with E-state index in [2.05, 4.69) is 11.4 Å². The number of nitrogen functional groups attached to an aromatic ring is 1. The minimum absolute atomic E-state index is 0. The Bertz CT molecular complexity index is 862. The Balaban J connectivity index is 0.00000280. The number of likely N-dealkylation sites (tertiary alicyclic amines) is 1. The summed E-state index contributed by atoms with van der Waals surface area (Å²) in [5, 5.41) is 2.98. The lowest BCUT2D eigenvalue weighted by Crippen LogP contribution is -2.43. The fourth-order valence-electron chi connectivity index (χ4n) is 3.67. The monoisotopic (exact) mass is 401 g/mol. The normalized spacial score (nSPS) is 16.2. The summed E-state index contributed by atoms with van der Waals surface area (Å²) in [5.41, 5.74) is 11.0. The van der Waals surface area contributed by atoms with E-state index in [0.717, 1.165) is 35.2 Å². The summed E-state index contributed by atoms with van der Waals surface area (Å²) < 4.78 is 0. The van der Waals surface area contributed by atoms with Gasteiger partial charge in [-0.15, -0.1) is 12.4 Å². The maximum Gasteiger partial charge on any atom is 0.253 e. The van der Waals surface area contributed by atoms with E-state index in [4.69, 9.17) is 5.73 Å². The number of amides is 2. The van der Waals surface area contributed by atoms with Crippen LogP contribution in [-0.2, 0) is 4.79 Å². The lowest BCUT2D eigenvalue weighted by Gasteiger charge is -2.32.